The second-order valence-electron chi connectivity index (χ2n) is 8.33. The summed E-state index contributed by atoms with van der Waals surface area (Å²) in [5, 5.41) is 0. The predicted molar refractivity (Wildman–Crippen MR) is 118 cm³/mol. The SMILES string of the molecule is Cc1ccc2c(c1)C(C)(C)c1cc(-c3nc(C)nc(-c4ccccc4)n3)ccc1-2. The molecule has 0 aliphatic heterocycles. The van der Waals surface area contributed by atoms with E-state index in [4.69, 9.17) is 4.98 Å². The lowest BCUT2D eigenvalue weighted by molar-refractivity contribution is 0.660. The second-order valence-corrected chi connectivity index (χ2v) is 8.33. The van der Waals surface area contributed by atoms with E-state index in [1.54, 1.807) is 0 Å². The van der Waals surface area contributed by atoms with E-state index in [1.165, 1.54) is 27.8 Å². The molecule has 3 nitrogen and oxygen atoms in total. The van der Waals surface area contributed by atoms with Crippen molar-refractivity contribution in [2.24, 2.45) is 0 Å². The van der Waals surface area contributed by atoms with Crippen LogP contribution < -0.4 is 0 Å². The van der Waals surface area contributed by atoms with Crippen molar-refractivity contribution in [1.82, 2.24) is 15.0 Å². The summed E-state index contributed by atoms with van der Waals surface area (Å²) >= 11 is 0. The highest BCUT2D eigenvalue weighted by atomic mass is 15.0. The van der Waals surface area contributed by atoms with Gasteiger partial charge >= 0.3 is 0 Å². The lowest BCUT2D eigenvalue weighted by Crippen LogP contribution is -2.15. The fourth-order valence-corrected chi connectivity index (χ4v) is 4.32. The maximum atomic E-state index is 4.79. The van der Waals surface area contributed by atoms with Gasteiger partial charge in [-0.3, -0.25) is 0 Å². The first-order valence-electron chi connectivity index (χ1n) is 9.98. The Balaban J connectivity index is 1.65. The van der Waals surface area contributed by atoms with Gasteiger partial charge in [0.05, 0.1) is 0 Å². The summed E-state index contributed by atoms with van der Waals surface area (Å²) in [7, 11) is 0. The molecule has 142 valence electrons. The van der Waals surface area contributed by atoms with E-state index in [2.05, 4.69) is 67.1 Å². The minimum Gasteiger partial charge on any atom is -0.213 e. The Morgan fingerprint density at radius 2 is 1.24 bits per heavy atom. The first-order valence-corrected chi connectivity index (χ1v) is 9.98. The molecule has 1 aliphatic rings. The van der Waals surface area contributed by atoms with E-state index < -0.39 is 0 Å². The van der Waals surface area contributed by atoms with Crippen LogP contribution in [0.15, 0.2) is 66.7 Å². The van der Waals surface area contributed by atoms with Crippen molar-refractivity contribution in [3.05, 3.63) is 89.2 Å². The summed E-state index contributed by atoms with van der Waals surface area (Å²) in [6.07, 6.45) is 0. The Kier molecular flexibility index (Phi) is 3.88. The highest BCUT2D eigenvalue weighted by Gasteiger charge is 2.35. The van der Waals surface area contributed by atoms with E-state index in [-0.39, 0.29) is 5.41 Å². The average molecular weight is 377 g/mol. The van der Waals surface area contributed by atoms with Gasteiger partial charge in [-0.2, -0.15) is 0 Å². The van der Waals surface area contributed by atoms with Crippen molar-refractivity contribution in [3.63, 3.8) is 0 Å². The molecule has 0 N–H and O–H groups in total. The maximum Gasteiger partial charge on any atom is 0.163 e. The first-order chi connectivity index (χ1) is 13.9. The van der Waals surface area contributed by atoms with Crippen LogP contribution in [0.2, 0.25) is 0 Å². The summed E-state index contributed by atoms with van der Waals surface area (Å²) in [4.78, 5) is 14.0. The molecule has 3 aromatic carbocycles. The van der Waals surface area contributed by atoms with Gasteiger partial charge in [-0.15, -0.1) is 0 Å². The van der Waals surface area contributed by atoms with Gasteiger partial charge in [-0.1, -0.05) is 80.1 Å². The number of hydrogen-bond donors (Lipinski definition) is 0. The van der Waals surface area contributed by atoms with Crippen molar-refractivity contribution in [1.29, 1.82) is 0 Å². The molecule has 0 spiro atoms. The standard InChI is InChI=1S/C26H23N3/c1-16-10-12-20-21-13-11-19(15-23(21)26(3,4)22(20)14-16)25-28-17(2)27-24(29-25)18-8-6-5-7-9-18/h5-15H,1-4H3. The van der Waals surface area contributed by atoms with Gasteiger partial charge in [0.15, 0.2) is 11.6 Å². The molecule has 29 heavy (non-hydrogen) atoms. The highest BCUT2D eigenvalue weighted by molar-refractivity contribution is 5.83. The molecule has 0 unspecified atom stereocenters. The van der Waals surface area contributed by atoms with Gasteiger partial charge in [0.2, 0.25) is 0 Å². The molecule has 0 radical (unpaired) electrons. The number of fused-ring (bicyclic) bond motifs is 3. The molecule has 0 atom stereocenters. The third-order valence-corrected chi connectivity index (χ3v) is 5.87. The quantitative estimate of drug-likeness (QED) is 0.422. The topological polar surface area (TPSA) is 38.7 Å². The summed E-state index contributed by atoms with van der Waals surface area (Å²) in [5.41, 5.74) is 8.65. The molecule has 1 heterocycles. The van der Waals surface area contributed by atoms with E-state index in [1.807, 2.05) is 37.3 Å². The fourth-order valence-electron chi connectivity index (χ4n) is 4.32. The smallest absolute Gasteiger partial charge is 0.163 e. The van der Waals surface area contributed by atoms with Crippen LogP contribution in [0, 0.1) is 13.8 Å². The molecule has 1 aromatic heterocycles. The Bertz CT molecular complexity index is 1240. The predicted octanol–water partition coefficient (Wildman–Crippen LogP) is 6.13. The molecule has 0 saturated heterocycles. The summed E-state index contributed by atoms with van der Waals surface area (Å²) in [5.74, 6) is 2.17. The minimum atomic E-state index is -0.0446. The van der Waals surface area contributed by atoms with E-state index in [9.17, 15) is 0 Å². The van der Waals surface area contributed by atoms with Gasteiger partial charge in [-0.05, 0) is 42.2 Å². The fraction of sp³-hybridized carbons (Fsp3) is 0.192. The van der Waals surface area contributed by atoms with E-state index >= 15 is 0 Å². The molecule has 0 saturated carbocycles. The number of hydrogen-bond acceptors (Lipinski definition) is 3. The minimum absolute atomic E-state index is 0.0446. The number of rotatable bonds is 2. The van der Waals surface area contributed by atoms with Crippen LogP contribution in [0.25, 0.3) is 33.9 Å². The van der Waals surface area contributed by atoms with Crippen molar-refractivity contribution in [2.45, 2.75) is 33.1 Å². The van der Waals surface area contributed by atoms with Crippen molar-refractivity contribution in [2.75, 3.05) is 0 Å². The summed E-state index contributed by atoms with van der Waals surface area (Å²) in [6.45, 7) is 8.68. The van der Waals surface area contributed by atoms with Crippen LogP contribution in [0.5, 0.6) is 0 Å². The Morgan fingerprint density at radius 1 is 0.621 bits per heavy atom. The van der Waals surface area contributed by atoms with E-state index in [0.717, 1.165) is 22.8 Å². The number of aromatic nitrogens is 3. The van der Waals surface area contributed by atoms with Gasteiger partial charge < -0.3 is 0 Å². The zero-order valence-corrected chi connectivity index (χ0v) is 17.2. The summed E-state index contributed by atoms with van der Waals surface area (Å²) in [6, 6.07) is 23.4. The van der Waals surface area contributed by atoms with Crippen LogP contribution in [0.1, 0.15) is 36.4 Å². The van der Waals surface area contributed by atoms with Crippen LogP contribution >= 0.6 is 0 Å². The molecule has 0 amide bonds. The van der Waals surface area contributed by atoms with Crippen LogP contribution in [-0.2, 0) is 5.41 Å². The second kappa shape index (κ2) is 6.35. The third kappa shape index (κ3) is 2.85. The normalized spacial score (nSPS) is 13.8. The first kappa shape index (κ1) is 17.7. The monoisotopic (exact) mass is 377 g/mol. The zero-order valence-electron chi connectivity index (χ0n) is 17.2. The number of aryl methyl sites for hydroxylation is 2. The molecule has 1 aliphatic carbocycles. The number of benzene rings is 3. The largest absolute Gasteiger partial charge is 0.213 e. The van der Waals surface area contributed by atoms with Crippen molar-refractivity contribution >= 4 is 0 Å². The average Bonchev–Trinajstić information content (AvgIpc) is 2.94. The molecule has 4 aromatic rings. The molecule has 0 bridgehead atoms. The Labute approximate surface area is 171 Å². The van der Waals surface area contributed by atoms with E-state index in [0.29, 0.717) is 5.82 Å². The lowest BCUT2D eigenvalue weighted by atomic mass is 9.81. The van der Waals surface area contributed by atoms with Crippen LogP contribution in [0.3, 0.4) is 0 Å². The summed E-state index contributed by atoms with van der Waals surface area (Å²) < 4.78 is 0. The van der Waals surface area contributed by atoms with Gasteiger partial charge in [-0.25, -0.2) is 15.0 Å². The molecular weight excluding hydrogens is 354 g/mol. The van der Waals surface area contributed by atoms with Gasteiger partial charge in [0.1, 0.15) is 5.82 Å². The van der Waals surface area contributed by atoms with Crippen LogP contribution in [0.4, 0.5) is 0 Å². The third-order valence-electron chi connectivity index (χ3n) is 5.87. The molecule has 0 fully saturated rings. The Morgan fingerprint density at radius 3 is 1.97 bits per heavy atom. The number of nitrogens with zero attached hydrogens (tertiary/aromatic N) is 3. The van der Waals surface area contributed by atoms with Gasteiger partial charge in [0.25, 0.3) is 0 Å². The molecule has 3 heteroatoms. The zero-order chi connectivity index (χ0) is 20.2. The highest BCUT2D eigenvalue weighted by Crippen LogP contribution is 2.49. The maximum absolute atomic E-state index is 4.79. The van der Waals surface area contributed by atoms with Crippen molar-refractivity contribution in [3.8, 4) is 33.9 Å². The Hall–Kier alpha value is -3.33. The lowest BCUT2D eigenvalue weighted by Gasteiger charge is -2.22. The van der Waals surface area contributed by atoms with Crippen molar-refractivity contribution < 1.29 is 0 Å². The molecular formula is C26H23N3. The molecule has 5 rings (SSSR count). The van der Waals surface area contributed by atoms with Crippen LogP contribution in [-0.4, -0.2) is 15.0 Å². The van der Waals surface area contributed by atoms with Gasteiger partial charge in [0, 0.05) is 16.5 Å².